The van der Waals surface area contributed by atoms with E-state index >= 15 is 0 Å². The van der Waals surface area contributed by atoms with Gasteiger partial charge >= 0.3 is 0 Å². The van der Waals surface area contributed by atoms with Crippen LogP contribution < -0.4 is 19.5 Å². The van der Waals surface area contributed by atoms with Crippen LogP contribution in [0.15, 0.2) is 48.5 Å². The highest BCUT2D eigenvalue weighted by atomic mass is 16.5. The second-order valence-electron chi connectivity index (χ2n) is 5.94. The molecule has 0 saturated carbocycles. The molecule has 0 bridgehead atoms. The summed E-state index contributed by atoms with van der Waals surface area (Å²) in [6.45, 7) is 2.54. The van der Waals surface area contributed by atoms with E-state index in [0.29, 0.717) is 18.7 Å². The average Bonchev–Trinajstić information content (AvgIpc) is 2.69. The van der Waals surface area contributed by atoms with Gasteiger partial charge in [0.15, 0.2) is 6.10 Å². The van der Waals surface area contributed by atoms with Crippen LogP contribution in [0.2, 0.25) is 0 Å². The van der Waals surface area contributed by atoms with Crippen molar-refractivity contribution < 1.29 is 19.0 Å². The number of rotatable bonds is 10. The molecule has 2 rings (SSSR count). The first-order valence-corrected chi connectivity index (χ1v) is 8.87. The van der Waals surface area contributed by atoms with E-state index in [2.05, 4.69) is 11.4 Å². The van der Waals surface area contributed by atoms with Gasteiger partial charge in [-0.05, 0) is 61.2 Å². The largest absolute Gasteiger partial charge is 0.497 e. The zero-order chi connectivity index (χ0) is 18.8. The first kappa shape index (κ1) is 19.6. The molecule has 5 nitrogen and oxygen atoms in total. The van der Waals surface area contributed by atoms with Crippen molar-refractivity contribution in [3.8, 4) is 17.2 Å². The second kappa shape index (κ2) is 10.3. The number of nitrogens with one attached hydrogen (secondary N) is 1. The van der Waals surface area contributed by atoms with Gasteiger partial charge in [0.1, 0.15) is 17.2 Å². The quantitative estimate of drug-likeness (QED) is 0.660. The van der Waals surface area contributed by atoms with Crippen LogP contribution in [-0.4, -0.2) is 32.8 Å². The monoisotopic (exact) mass is 357 g/mol. The van der Waals surface area contributed by atoms with E-state index in [9.17, 15) is 4.79 Å². The molecule has 0 saturated heterocycles. The summed E-state index contributed by atoms with van der Waals surface area (Å²) in [5.74, 6) is 2.18. The third-order valence-corrected chi connectivity index (χ3v) is 4.08. The average molecular weight is 357 g/mol. The van der Waals surface area contributed by atoms with Gasteiger partial charge in [-0.1, -0.05) is 19.1 Å². The molecule has 0 aromatic heterocycles. The van der Waals surface area contributed by atoms with Gasteiger partial charge in [-0.15, -0.1) is 0 Å². The molecule has 0 radical (unpaired) electrons. The number of carbonyl (C=O) groups excluding carboxylic acids is 1. The lowest BCUT2D eigenvalue weighted by molar-refractivity contribution is -0.128. The standard InChI is InChI=1S/C21H27NO4/c1-4-20(26-18-12-10-17(24-2)11-13-18)21(23)22-14-6-8-16-7-5-9-19(15-16)25-3/h5,7,9-13,15,20H,4,6,8,14H2,1-3H3,(H,22,23). The Balaban J connectivity index is 1.77. The maximum atomic E-state index is 12.3. The molecule has 26 heavy (non-hydrogen) atoms. The molecule has 2 aromatic carbocycles. The first-order valence-electron chi connectivity index (χ1n) is 8.87. The van der Waals surface area contributed by atoms with E-state index in [0.717, 1.165) is 24.3 Å². The van der Waals surface area contributed by atoms with E-state index in [1.165, 1.54) is 5.56 Å². The minimum atomic E-state index is -0.500. The van der Waals surface area contributed by atoms with Gasteiger partial charge < -0.3 is 19.5 Å². The molecule has 1 atom stereocenters. The van der Waals surface area contributed by atoms with E-state index in [1.54, 1.807) is 26.4 Å². The number of carbonyl (C=O) groups is 1. The molecule has 0 aliphatic heterocycles. The smallest absolute Gasteiger partial charge is 0.261 e. The molecular formula is C21H27NO4. The fourth-order valence-corrected chi connectivity index (χ4v) is 2.59. The minimum absolute atomic E-state index is 0.0889. The lowest BCUT2D eigenvalue weighted by Crippen LogP contribution is -2.38. The molecule has 0 aliphatic carbocycles. The molecule has 2 aromatic rings. The third-order valence-electron chi connectivity index (χ3n) is 4.08. The number of amides is 1. The predicted molar refractivity (Wildman–Crippen MR) is 102 cm³/mol. The predicted octanol–water partition coefficient (Wildman–Crippen LogP) is 3.61. The van der Waals surface area contributed by atoms with Crippen molar-refractivity contribution in [3.63, 3.8) is 0 Å². The number of benzene rings is 2. The van der Waals surface area contributed by atoms with Crippen molar-refractivity contribution in [1.29, 1.82) is 0 Å². The zero-order valence-electron chi connectivity index (χ0n) is 15.7. The number of aryl methyl sites for hydroxylation is 1. The van der Waals surface area contributed by atoms with Gasteiger partial charge in [-0.3, -0.25) is 4.79 Å². The summed E-state index contributed by atoms with van der Waals surface area (Å²) in [6.07, 6.45) is 1.85. The first-order chi connectivity index (χ1) is 12.7. The molecule has 0 fully saturated rings. The van der Waals surface area contributed by atoms with Crippen LogP contribution in [0.3, 0.4) is 0 Å². The number of hydrogen-bond donors (Lipinski definition) is 1. The summed E-state index contributed by atoms with van der Waals surface area (Å²) < 4.78 is 16.1. The van der Waals surface area contributed by atoms with Gasteiger partial charge in [0, 0.05) is 6.54 Å². The maximum Gasteiger partial charge on any atom is 0.261 e. The van der Waals surface area contributed by atoms with E-state index in [-0.39, 0.29) is 5.91 Å². The highest BCUT2D eigenvalue weighted by Crippen LogP contribution is 2.19. The Morgan fingerprint density at radius 2 is 1.69 bits per heavy atom. The molecule has 1 amide bonds. The van der Waals surface area contributed by atoms with Crippen LogP contribution >= 0.6 is 0 Å². The molecule has 5 heteroatoms. The summed E-state index contributed by atoms with van der Waals surface area (Å²) in [7, 11) is 3.27. The van der Waals surface area contributed by atoms with Crippen LogP contribution in [0.1, 0.15) is 25.3 Å². The molecule has 1 unspecified atom stereocenters. The van der Waals surface area contributed by atoms with Crippen LogP contribution in [0.25, 0.3) is 0 Å². The van der Waals surface area contributed by atoms with Crippen molar-refractivity contribution in [1.82, 2.24) is 5.32 Å². The molecule has 0 aliphatic rings. The summed E-state index contributed by atoms with van der Waals surface area (Å²) in [4.78, 5) is 12.3. The van der Waals surface area contributed by atoms with Crippen LogP contribution in [0.4, 0.5) is 0 Å². The van der Waals surface area contributed by atoms with Crippen molar-refractivity contribution in [2.24, 2.45) is 0 Å². The normalized spacial score (nSPS) is 11.5. The Kier molecular flexibility index (Phi) is 7.80. The van der Waals surface area contributed by atoms with E-state index in [4.69, 9.17) is 14.2 Å². The highest BCUT2D eigenvalue weighted by molar-refractivity contribution is 5.81. The highest BCUT2D eigenvalue weighted by Gasteiger charge is 2.17. The van der Waals surface area contributed by atoms with Gasteiger partial charge in [0.25, 0.3) is 5.91 Å². The fourth-order valence-electron chi connectivity index (χ4n) is 2.59. The van der Waals surface area contributed by atoms with Gasteiger partial charge in [-0.25, -0.2) is 0 Å². The molecule has 140 valence electrons. The van der Waals surface area contributed by atoms with Crippen molar-refractivity contribution in [2.45, 2.75) is 32.3 Å². The van der Waals surface area contributed by atoms with Crippen LogP contribution in [0.5, 0.6) is 17.2 Å². The van der Waals surface area contributed by atoms with E-state index < -0.39 is 6.10 Å². The topological polar surface area (TPSA) is 56.8 Å². The van der Waals surface area contributed by atoms with Crippen molar-refractivity contribution in [3.05, 3.63) is 54.1 Å². The molecular weight excluding hydrogens is 330 g/mol. The van der Waals surface area contributed by atoms with Crippen molar-refractivity contribution >= 4 is 5.91 Å². The number of ether oxygens (including phenoxy) is 3. The molecule has 1 N–H and O–H groups in total. The Morgan fingerprint density at radius 3 is 2.35 bits per heavy atom. The number of methoxy groups -OCH3 is 2. The summed E-state index contributed by atoms with van der Waals surface area (Å²) in [5, 5.41) is 2.96. The number of hydrogen-bond acceptors (Lipinski definition) is 4. The Hall–Kier alpha value is -2.69. The molecule has 0 heterocycles. The van der Waals surface area contributed by atoms with Gasteiger partial charge in [0.05, 0.1) is 14.2 Å². The third kappa shape index (κ3) is 5.99. The molecule has 0 spiro atoms. The summed E-state index contributed by atoms with van der Waals surface area (Å²) in [5.41, 5.74) is 1.19. The van der Waals surface area contributed by atoms with E-state index in [1.807, 2.05) is 37.3 Å². The maximum absolute atomic E-state index is 12.3. The van der Waals surface area contributed by atoms with Gasteiger partial charge in [0.2, 0.25) is 0 Å². The summed E-state index contributed by atoms with van der Waals surface area (Å²) in [6, 6.07) is 15.2. The Labute approximate surface area is 155 Å². The Bertz CT molecular complexity index is 685. The Morgan fingerprint density at radius 1 is 1.00 bits per heavy atom. The fraction of sp³-hybridized carbons (Fsp3) is 0.381. The SMILES string of the molecule is CCC(Oc1ccc(OC)cc1)C(=O)NCCCc1cccc(OC)c1. The zero-order valence-corrected chi connectivity index (χ0v) is 15.7. The summed E-state index contributed by atoms with van der Waals surface area (Å²) >= 11 is 0. The second-order valence-corrected chi connectivity index (χ2v) is 5.94. The van der Waals surface area contributed by atoms with Gasteiger partial charge in [-0.2, -0.15) is 0 Å². The van der Waals surface area contributed by atoms with Crippen LogP contribution in [0, 0.1) is 0 Å². The van der Waals surface area contributed by atoms with Crippen LogP contribution in [-0.2, 0) is 11.2 Å². The minimum Gasteiger partial charge on any atom is -0.497 e. The van der Waals surface area contributed by atoms with Crippen molar-refractivity contribution in [2.75, 3.05) is 20.8 Å². The lowest BCUT2D eigenvalue weighted by atomic mass is 10.1. The lowest BCUT2D eigenvalue weighted by Gasteiger charge is -2.17.